The number of ether oxygens (including phenoxy) is 2. The van der Waals surface area contributed by atoms with Gasteiger partial charge in [-0.25, -0.2) is 0 Å². The van der Waals surface area contributed by atoms with Gasteiger partial charge in [-0.1, -0.05) is 37.3 Å². The number of carbonyl (C=O) groups is 2. The van der Waals surface area contributed by atoms with E-state index in [9.17, 15) is 9.59 Å². The van der Waals surface area contributed by atoms with Crippen LogP contribution in [0.15, 0.2) is 66.7 Å². The van der Waals surface area contributed by atoms with Gasteiger partial charge in [-0.3, -0.25) is 9.59 Å². The summed E-state index contributed by atoms with van der Waals surface area (Å²) in [4.78, 5) is 26.2. The molecule has 1 N–H and O–H groups in total. The van der Waals surface area contributed by atoms with Crippen LogP contribution in [0.2, 0.25) is 0 Å². The third-order valence-corrected chi connectivity index (χ3v) is 5.87. The van der Waals surface area contributed by atoms with Gasteiger partial charge in [-0.05, 0) is 55.3 Å². The maximum absolute atomic E-state index is 13.2. The van der Waals surface area contributed by atoms with Crippen LogP contribution in [0.1, 0.15) is 51.4 Å². The van der Waals surface area contributed by atoms with E-state index in [4.69, 9.17) is 9.47 Å². The number of amides is 1. The van der Waals surface area contributed by atoms with Crippen LogP contribution in [-0.4, -0.2) is 35.8 Å². The molecule has 3 aromatic carbocycles. The second-order valence-electron chi connectivity index (χ2n) is 7.95. The standard InChI is InChI=1S/C27H27N3O4/c1-5-22(18-9-7-6-8-10-18)28-26(31)19-11-13-23-21(15-19)17(2)29-30(23)27(32)20-12-14-24(33-3)25(16-20)34-4/h6-16,22H,5H2,1-4H3,(H,28,31). The van der Waals surface area contributed by atoms with Crippen LogP contribution in [0.4, 0.5) is 0 Å². The average Bonchev–Trinajstić information content (AvgIpc) is 3.22. The fourth-order valence-corrected chi connectivity index (χ4v) is 4.00. The Hall–Kier alpha value is -4.13. The van der Waals surface area contributed by atoms with Crippen molar-refractivity contribution in [3.63, 3.8) is 0 Å². The van der Waals surface area contributed by atoms with E-state index >= 15 is 0 Å². The molecule has 0 saturated carbocycles. The van der Waals surface area contributed by atoms with Gasteiger partial charge in [0.05, 0.1) is 31.5 Å². The Bertz CT molecular complexity index is 1350. The van der Waals surface area contributed by atoms with Gasteiger partial charge in [-0.15, -0.1) is 0 Å². The fraction of sp³-hybridized carbons (Fsp3) is 0.222. The molecule has 0 saturated heterocycles. The summed E-state index contributed by atoms with van der Waals surface area (Å²) < 4.78 is 11.9. The Morgan fingerprint density at radius 3 is 2.32 bits per heavy atom. The Kier molecular flexibility index (Phi) is 6.63. The van der Waals surface area contributed by atoms with E-state index < -0.39 is 0 Å². The van der Waals surface area contributed by atoms with E-state index in [-0.39, 0.29) is 17.9 Å². The number of aryl methyl sites for hydroxylation is 1. The largest absolute Gasteiger partial charge is 0.493 e. The van der Waals surface area contributed by atoms with Crippen LogP contribution in [0, 0.1) is 6.92 Å². The molecule has 34 heavy (non-hydrogen) atoms. The summed E-state index contributed by atoms with van der Waals surface area (Å²) in [5.74, 6) is 0.531. The second-order valence-corrected chi connectivity index (χ2v) is 7.95. The first-order valence-electron chi connectivity index (χ1n) is 11.1. The van der Waals surface area contributed by atoms with E-state index in [1.54, 1.807) is 43.5 Å². The van der Waals surface area contributed by atoms with Crippen LogP contribution in [0.25, 0.3) is 10.9 Å². The number of hydrogen-bond acceptors (Lipinski definition) is 5. The molecule has 1 aromatic heterocycles. The van der Waals surface area contributed by atoms with Gasteiger partial charge in [0.25, 0.3) is 11.8 Å². The molecule has 7 heteroatoms. The van der Waals surface area contributed by atoms with Gasteiger partial charge in [0.1, 0.15) is 0 Å². The molecule has 0 spiro atoms. The number of nitrogens with one attached hydrogen (secondary N) is 1. The molecule has 4 aromatic rings. The summed E-state index contributed by atoms with van der Waals surface area (Å²) in [6.45, 7) is 3.86. The Balaban J connectivity index is 1.63. The molecule has 0 fully saturated rings. The number of carbonyl (C=O) groups excluding carboxylic acids is 2. The molecule has 0 bridgehead atoms. The molecule has 1 atom stereocenters. The number of hydrogen-bond donors (Lipinski definition) is 1. The molecule has 174 valence electrons. The maximum Gasteiger partial charge on any atom is 0.278 e. The van der Waals surface area contributed by atoms with Crippen molar-refractivity contribution in [2.75, 3.05) is 14.2 Å². The summed E-state index contributed by atoms with van der Waals surface area (Å²) in [5, 5.41) is 8.30. The number of aromatic nitrogens is 2. The minimum absolute atomic E-state index is 0.0835. The van der Waals surface area contributed by atoms with E-state index in [1.807, 2.05) is 44.2 Å². The summed E-state index contributed by atoms with van der Waals surface area (Å²) in [7, 11) is 3.06. The molecule has 0 radical (unpaired) electrons. The highest BCUT2D eigenvalue weighted by atomic mass is 16.5. The number of nitrogens with zero attached hydrogens (tertiary/aromatic N) is 2. The monoisotopic (exact) mass is 457 g/mol. The lowest BCUT2D eigenvalue weighted by Gasteiger charge is -2.17. The lowest BCUT2D eigenvalue weighted by molar-refractivity contribution is 0.0933. The van der Waals surface area contributed by atoms with Gasteiger partial charge in [-0.2, -0.15) is 9.78 Å². The third kappa shape index (κ3) is 4.37. The first kappa shape index (κ1) is 23.0. The van der Waals surface area contributed by atoms with Crippen LogP contribution in [0.3, 0.4) is 0 Å². The van der Waals surface area contributed by atoms with Crippen molar-refractivity contribution < 1.29 is 19.1 Å². The first-order chi connectivity index (χ1) is 16.5. The molecule has 7 nitrogen and oxygen atoms in total. The lowest BCUT2D eigenvalue weighted by Crippen LogP contribution is -2.28. The van der Waals surface area contributed by atoms with Crippen molar-refractivity contribution in [3.05, 3.63) is 89.1 Å². The number of fused-ring (bicyclic) bond motifs is 1. The molecule has 0 aliphatic heterocycles. The molecule has 4 rings (SSSR count). The zero-order valence-corrected chi connectivity index (χ0v) is 19.7. The smallest absolute Gasteiger partial charge is 0.278 e. The van der Waals surface area contributed by atoms with Crippen LogP contribution < -0.4 is 14.8 Å². The van der Waals surface area contributed by atoms with Crippen LogP contribution >= 0.6 is 0 Å². The van der Waals surface area contributed by atoms with Crippen molar-refractivity contribution in [1.82, 2.24) is 15.1 Å². The highest BCUT2D eigenvalue weighted by molar-refractivity contribution is 6.04. The number of rotatable bonds is 7. The fourth-order valence-electron chi connectivity index (χ4n) is 4.00. The summed E-state index contributed by atoms with van der Waals surface area (Å²) in [5.41, 5.74) is 3.28. The van der Waals surface area contributed by atoms with Crippen molar-refractivity contribution >= 4 is 22.7 Å². The van der Waals surface area contributed by atoms with E-state index in [2.05, 4.69) is 10.4 Å². The molecular weight excluding hydrogens is 430 g/mol. The minimum atomic E-state index is -0.300. The maximum atomic E-state index is 13.2. The highest BCUT2D eigenvalue weighted by Gasteiger charge is 2.20. The van der Waals surface area contributed by atoms with Gasteiger partial charge in [0.2, 0.25) is 0 Å². The Labute approximate surface area is 198 Å². The lowest BCUT2D eigenvalue weighted by atomic mass is 10.0. The van der Waals surface area contributed by atoms with E-state index in [0.29, 0.717) is 33.8 Å². The van der Waals surface area contributed by atoms with Crippen LogP contribution in [0.5, 0.6) is 11.5 Å². The van der Waals surface area contributed by atoms with Gasteiger partial charge in [0, 0.05) is 16.5 Å². The Morgan fingerprint density at radius 1 is 0.941 bits per heavy atom. The van der Waals surface area contributed by atoms with Crippen LogP contribution in [-0.2, 0) is 0 Å². The third-order valence-electron chi connectivity index (χ3n) is 5.87. The minimum Gasteiger partial charge on any atom is -0.493 e. The molecular formula is C27H27N3O4. The van der Waals surface area contributed by atoms with Gasteiger partial charge < -0.3 is 14.8 Å². The summed E-state index contributed by atoms with van der Waals surface area (Å²) in [6, 6.07) is 20.0. The molecule has 1 unspecified atom stereocenters. The molecule has 1 heterocycles. The van der Waals surface area contributed by atoms with Crippen molar-refractivity contribution in [2.24, 2.45) is 0 Å². The first-order valence-corrected chi connectivity index (χ1v) is 11.1. The predicted molar refractivity (Wildman–Crippen MR) is 131 cm³/mol. The molecule has 0 aliphatic rings. The number of methoxy groups -OCH3 is 2. The van der Waals surface area contributed by atoms with Gasteiger partial charge >= 0.3 is 0 Å². The highest BCUT2D eigenvalue weighted by Crippen LogP contribution is 2.29. The second kappa shape index (κ2) is 9.79. The van der Waals surface area contributed by atoms with Crippen molar-refractivity contribution in [1.29, 1.82) is 0 Å². The predicted octanol–water partition coefficient (Wildman–Crippen LogP) is 4.93. The zero-order chi connectivity index (χ0) is 24.2. The SMILES string of the molecule is CCC(NC(=O)c1ccc2c(c1)c(C)nn2C(=O)c1ccc(OC)c(OC)c1)c1ccccc1. The normalized spacial score (nSPS) is 11.8. The summed E-state index contributed by atoms with van der Waals surface area (Å²) >= 11 is 0. The van der Waals surface area contributed by atoms with E-state index in [1.165, 1.54) is 11.8 Å². The van der Waals surface area contributed by atoms with E-state index in [0.717, 1.165) is 17.4 Å². The quantitative estimate of drug-likeness (QED) is 0.425. The topological polar surface area (TPSA) is 82.5 Å². The number of benzene rings is 3. The van der Waals surface area contributed by atoms with Gasteiger partial charge in [0.15, 0.2) is 11.5 Å². The molecule has 1 amide bonds. The van der Waals surface area contributed by atoms with Crippen molar-refractivity contribution in [2.45, 2.75) is 26.3 Å². The average molecular weight is 458 g/mol. The summed E-state index contributed by atoms with van der Waals surface area (Å²) in [6.07, 6.45) is 0.773. The Morgan fingerprint density at radius 2 is 1.65 bits per heavy atom. The van der Waals surface area contributed by atoms with Crippen molar-refractivity contribution in [3.8, 4) is 11.5 Å². The molecule has 0 aliphatic carbocycles. The zero-order valence-electron chi connectivity index (χ0n) is 19.7.